The van der Waals surface area contributed by atoms with Crippen LogP contribution in [0.4, 0.5) is 0 Å². The molecular weight excluding hydrogens is 228 g/mol. The van der Waals surface area contributed by atoms with Crippen molar-refractivity contribution in [3.63, 3.8) is 0 Å². The number of hydroxylamine groups is 1. The molecular formula is C14H26N2O2. The van der Waals surface area contributed by atoms with E-state index in [9.17, 15) is 0 Å². The molecule has 0 heterocycles. The molecule has 0 unspecified atom stereocenters. The molecule has 2 aliphatic rings. The Hall–Kier alpha value is -0.580. The molecule has 4 nitrogen and oxygen atoms in total. The predicted octanol–water partition coefficient (Wildman–Crippen LogP) is 2.66. The molecule has 0 bridgehead atoms. The average Bonchev–Trinajstić information content (AvgIpc) is 2.46. The topological polar surface area (TPSA) is 56.5 Å². The van der Waals surface area contributed by atoms with Crippen molar-refractivity contribution in [2.75, 3.05) is 0 Å². The highest BCUT2D eigenvalue weighted by Crippen LogP contribution is 2.39. The summed E-state index contributed by atoms with van der Waals surface area (Å²) < 4.78 is 0. The van der Waals surface area contributed by atoms with Gasteiger partial charge in [0.2, 0.25) is 0 Å². The molecule has 2 aliphatic carbocycles. The lowest BCUT2D eigenvalue weighted by atomic mass is 9.72. The molecule has 2 saturated carbocycles. The van der Waals surface area contributed by atoms with Crippen molar-refractivity contribution in [3.8, 4) is 0 Å². The fourth-order valence-corrected chi connectivity index (χ4v) is 3.52. The minimum absolute atomic E-state index is 0.303. The van der Waals surface area contributed by atoms with E-state index in [-0.39, 0.29) is 0 Å². The molecule has 0 saturated heterocycles. The first kappa shape index (κ1) is 13.8. The van der Waals surface area contributed by atoms with Crippen LogP contribution in [-0.2, 0) is 9.68 Å². The van der Waals surface area contributed by atoms with E-state index in [1.54, 1.807) is 6.20 Å². The summed E-state index contributed by atoms with van der Waals surface area (Å²) in [5.41, 5.74) is 2.76. The van der Waals surface area contributed by atoms with Crippen molar-refractivity contribution in [1.82, 2.24) is 5.48 Å². The van der Waals surface area contributed by atoms with Crippen LogP contribution in [0.25, 0.3) is 0 Å². The van der Waals surface area contributed by atoms with E-state index in [0.29, 0.717) is 12.2 Å². The van der Waals surface area contributed by atoms with Crippen LogP contribution < -0.4 is 11.4 Å². The SMILES string of the molecule is C=CNOC1CCC(C2CCC(ON)CC2)CC1. The van der Waals surface area contributed by atoms with Gasteiger partial charge in [0.15, 0.2) is 0 Å². The van der Waals surface area contributed by atoms with Crippen molar-refractivity contribution in [2.45, 2.75) is 63.6 Å². The van der Waals surface area contributed by atoms with Crippen LogP contribution in [0.2, 0.25) is 0 Å². The fourth-order valence-electron chi connectivity index (χ4n) is 3.52. The standard InChI is InChI=1S/C14H26N2O2/c1-2-16-18-14-9-5-12(6-10-14)11-3-7-13(17-15)8-4-11/h2,11-14,16H,1,3-10,15H2. The van der Waals surface area contributed by atoms with E-state index in [1.165, 1.54) is 38.5 Å². The number of nitrogens with two attached hydrogens (primary N) is 1. The van der Waals surface area contributed by atoms with E-state index in [1.807, 2.05) is 0 Å². The lowest BCUT2D eigenvalue weighted by Gasteiger charge is -2.37. The highest BCUT2D eigenvalue weighted by Gasteiger charge is 2.31. The molecule has 3 N–H and O–H groups in total. The largest absolute Gasteiger partial charge is 0.301 e. The summed E-state index contributed by atoms with van der Waals surface area (Å²) in [5.74, 6) is 7.02. The van der Waals surface area contributed by atoms with Crippen LogP contribution in [0.1, 0.15) is 51.4 Å². The van der Waals surface area contributed by atoms with E-state index >= 15 is 0 Å². The second-order valence-electron chi connectivity index (χ2n) is 5.65. The maximum atomic E-state index is 5.50. The van der Waals surface area contributed by atoms with Gasteiger partial charge in [0, 0.05) is 6.20 Å². The molecule has 0 aromatic rings. The Bertz CT molecular complexity index is 244. The van der Waals surface area contributed by atoms with Crippen LogP contribution in [0.5, 0.6) is 0 Å². The first-order chi connectivity index (χ1) is 8.83. The highest BCUT2D eigenvalue weighted by atomic mass is 16.7. The van der Waals surface area contributed by atoms with Crippen LogP contribution in [0.3, 0.4) is 0 Å². The van der Waals surface area contributed by atoms with Crippen LogP contribution in [-0.4, -0.2) is 12.2 Å². The van der Waals surface area contributed by atoms with E-state index in [4.69, 9.17) is 15.6 Å². The van der Waals surface area contributed by atoms with Gasteiger partial charge in [-0.2, -0.15) is 0 Å². The molecule has 2 rings (SSSR count). The van der Waals surface area contributed by atoms with Gasteiger partial charge in [0.05, 0.1) is 12.2 Å². The van der Waals surface area contributed by atoms with Crippen LogP contribution >= 0.6 is 0 Å². The molecule has 18 heavy (non-hydrogen) atoms. The normalized spacial score (nSPS) is 37.2. The summed E-state index contributed by atoms with van der Waals surface area (Å²) >= 11 is 0. The molecule has 0 aromatic carbocycles. The summed E-state index contributed by atoms with van der Waals surface area (Å²) in [4.78, 5) is 10.4. The Labute approximate surface area is 110 Å². The molecule has 4 heteroatoms. The minimum Gasteiger partial charge on any atom is -0.301 e. The van der Waals surface area contributed by atoms with Crippen molar-refractivity contribution < 1.29 is 9.68 Å². The first-order valence-electron chi connectivity index (χ1n) is 7.21. The van der Waals surface area contributed by atoms with Gasteiger partial charge in [-0.3, -0.25) is 10.3 Å². The third-order valence-electron chi connectivity index (χ3n) is 4.61. The molecule has 0 amide bonds. The van der Waals surface area contributed by atoms with Crippen LogP contribution in [0.15, 0.2) is 12.8 Å². The van der Waals surface area contributed by atoms with Gasteiger partial charge in [0.25, 0.3) is 0 Å². The number of hydrogen-bond acceptors (Lipinski definition) is 4. The van der Waals surface area contributed by atoms with Gasteiger partial charge < -0.3 is 4.84 Å². The molecule has 104 valence electrons. The van der Waals surface area contributed by atoms with Crippen molar-refractivity contribution in [3.05, 3.63) is 12.8 Å². The highest BCUT2D eigenvalue weighted by molar-refractivity contribution is 4.82. The quantitative estimate of drug-likeness (QED) is 0.741. The summed E-state index contributed by atoms with van der Waals surface area (Å²) in [6.45, 7) is 3.59. The Balaban J connectivity index is 1.68. The third-order valence-corrected chi connectivity index (χ3v) is 4.61. The minimum atomic E-state index is 0.303. The van der Waals surface area contributed by atoms with Gasteiger partial charge in [-0.25, -0.2) is 5.90 Å². The van der Waals surface area contributed by atoms with Gasteiger partial charge in [-0.05, 0) is 63.2 Å². The number of nitrogens with one attached hydrogen (secondary N) is 1. The molecule has 0 radical (unpaired) electrons. The van der Waals surface area contributed by atoms with Crippen molar-refractivity contribution in [1.29, 1.82) is 0 Å². The van der Waals surface area contributed by atoms with E-state index < -0.39 is 0 Å². The third kappa shape index (κ3) is 3.70. The lowest BCUT2D eigenvalue weighted by molar-refractivity contribution is -0.0395. The summed E-state index contributed by atoms with van der Waals surface area (Å²) in [6.07, 6.45) is 12.0. The monoisotopic (exact) mass is 254 g/mol. The zero-order valence-electron chi connectivity index (χ0n) is 11.1. The summed E-state index contributed by atoms with van der Waals surface area (Å²) in [7, 11) is 0. The molecule has 0 atom stereocenters. The maximum absolute atomic E-state index is 5.50. The Morgan fingerprint density at radius 1 is 0.889 bits per heavy atom. The second-order valence-corrected chi connectivity index (χ2v) is 5.65. The fraction of sp³-hybridized carbons (Fsp3) is 0.857. The first-order valence-corrected chi connectivity index (χ1v) is 7.21. The molecule has 0 aromatic heterocycles. The second kappa shape index (κ2) is 7.12. The van der Waals surface area contributed by atoms with E-state index in [0.717, 1.165) is 24.7 Å². The number of rotatable bonds is 5. The Morgan fingerprint density at radius 3 is 1.83 bits per heavy atom. The summed E-state index contributed by atoms with van der Waals surface area (Å²) in [5, 5.41) is 0. The van der Waals surface area contributed by atoms with Crippen molar-refractivity contribution >= 4 is 0 Å². The zero-order chi connectivity index (χ0) is 12.8. The average molecular weight is 254 g/mol. The molecule has 0 spiro atoms. The van der Waals surface area contributed by atoms with Crippen molar-refractivity contribution in [2.24, 2.45) is 17.7 Å². The Kier molecular flexibility index (Phi) is 5.47. The summed E-state index contributed by atoms with van der Waals surface area (Å²) in [6, 6.07) is 0. The predicted molar refractivity (Wildman–Crippen MR) is 71.2 cm³/mol. The Morgan fingerprint density at radius 2 is 1.39 bits per heavy atom. The van der Waals surface area contributed by atoms with Gasteiger partial charge >= 0.3 is 0 Å². The van der Waals surface area contributed by atoms with Crippen LogP contribution in [0, 0.1) is 11.8 Å². The van der Waals surface area contributed by atoms with Gasteiger partial charge in [-0.1, -0.05) is 6.58 Å². The molecule has 0 aliphatic heterocycles. The zero-order valence-corrected chi connectivity index (χ0v) is 11.1. The number of hydrogen-bond donors (Lipinski definition) is 2. The molecule has 2 fully saturated rings. The maximum Gasteiger partial charge on any atom is 0.0853 e. The smallest absolute Gasteiger partial charge is 0.0853 e. The van der Waals surface area contributed by atoms with Gasteiger partial charge in [-0.15, -0.1) is 0 Å². The van der Waals surface area contributed by atoms with E-state index in [2.05, 4.69) is 12.1 Å². The van der Waals surface area contributed by atoms with Gasteiger partial charge in [0.1, 0.15) is 0 Å². The lowest BCUT2D eigenvalue weighted by Crippen LogP contribution is -2.32.